The van der Waals surface area contributed by atoms with Crippen LogP contribution in [-0.2, 0) is 11.2 Å². The number of ether oxygens (including phenoxy) is 1. The van der Waals surface area contributed by atoms with E-state index in [2.05, 4.69) is 0 Å². The SMILES string of the molecule is CC(C)(C)OC(=O)N1CCCC1Cc1ccc(F)cc1. The molecule has 0 saturated carbocycles. The molecule has 1 amide bonds. The Morgan fingerprint density at radius 2 is 2.00 bits per heavy atom. The Bertz CT molecular complexity index is 464. The summed E-state index contributed by atoms with van der Waals surface area (Å²) in [5, 5.41) is 0. The number of likely N-dealkylation sites (tertiary alicyclic amines) is 1. The molecule has 1 saturated heterocycles. The molecule has 1 fully saturated rings. The maximum atomic E-state index is 12.9. The zero-order chi connectivity index (χ0) is 14.8. The molecule has 0 radical (unpaired) electrons. The van der Waals surface area contributed by atoms with Crippen molar-refractivity contribution in [2.24, 2.45) is 0 Å². The largest absolute Gasteiger partial charge is 0.444 e. The summed E-state index contributed by atoms with van der Waals surface area (Å²) in [7, 11) is 0. The number of hydrogen-bond donors (Lipinski definition) is 0. The lowest BCUT2D eigenvalue weighted by atomic mass is 10.0. The van der Waals surface area contributed by atoms with Crippen molar-refractivity contribution in [3.63, 3.8) is 0 Å². The zero-order valence-electron chi connectivity index (χ0n) is 12.4. The molecular weight excluding hydrogens is 257 g/mol. The first-order chi connectivity index (χ1) is 9.35. The van der Waals surface area contributed by atoms with Crippen LogP contribution in [0.15, 0.2) is 24.3 Å². The molecule has 20 heavy (non-hydrogen) atoms. The first-order valence-corrected chi connectivity index (χ1v) is 7.09. The molecule has 1 aromatic carbocycles. The minimum atomic E-state index is -0.472. The molecule has 0 spiro atoms. The van der Waals surface area contributed by atoms with E-state index in [-0.39, 0.29) is 18.0 Å². The van der Waals surface area contributed by atoms with Crippen LogP contribution >= 0.6 is 0 Å². The normalized spacial score (nSPS) is 19.2. The molecule has 0 bridgehead atoms. The second kappa shape index (κ2) is 5.81. The van der Waals surface area contributed by atoms with Gasteiger partial charge in [-0.15, -0.1) is 0 Å². The van der Waals surface area contributed by atoms with Crippen molar-refractivity contribution in [3.05, 3.63) is 35.6 Å². The highest BCUT2D eigenvalue weighted by atomic mass is 19.1. The third-order valence-electron chi connectivity index (χ3n) is 3.39. The maximum absolute atomic E-state index is 12.9. The molecule has 0 N–H and O–H groups in total. The van der Waals surface area contributed by atoms with Gasteiger partial charge in [0.1, 0.15) is 11.4 Å². The zero-order valence-corrected chi connectivity index (χ0v) is 12.4. The van der Waals surface area contributed by atoms with Crippen molar-refractivity contribution in [1.82, 2.24) is 4.90 Å². The fourth-order valence-electron chi connectivity index (χ4n) is 2.50. The molecule has 1 aliphatic heterocycles. The van der Waals surface area contributed by atoms with Crippen LogP contribution in [0, 0.1) is 5.82 Å². The molecule has 1 atom stereocenters. The Morgan fingerprint density at radius 1 is 1.35 bits per heavy atom. The summed E-state index contributed by atoms with van der Waals surface area (Å²) in [6, 6.07) is 6.63. The number of carbonyl (C=O) groups excluding carboxylic acids is 1. The van der Waals surface area contributed by atoms with Crippen LogP contribution in [0.4, 0.5) is 9.18 Å². The number of carbonyl (C=O) groups is 1. The fourth-order valence-corrected chi connectivity index (χ4v) is 2.50. The summed E-state index contributed by atoms with van der Waals surface area (Å²) in [4.78, 5) is 14.0. The highest BCUT2D eigenvalue weighted by Gasteiger charge is 2.32. The summed E-state index contributed by atoms with van der Waals surface area (Å²) >= 11 is 0. The van der Waals surface area contributed by atoms with Crippen LogP contribution in [0.3, 0.4) is 0 Å². The Kier molecular flexibility index (Phi) is 4.31. The van der Waals surface area contributed by atoms with Gasteiger partial charge in [-0.25, -0.2) is 9.18 Å². The van der Waals surface area contributed by atoms with E-state index in [9.17, 15) is 9.18 Å². The van der Waals surface area contributed by atoms with Gasteiger partial charge in [0.2, 0.25) is 0 Å². The number of halogens is 1. The first kappa shape index (κ1) is 14.8. The van der Waals surface area contributed by atoms with Crippen LogP contribution in [0.2, 0.25) is 0 Å². The molecule has 4 heteroatoms. The number of nitrogens with zero attached hydrogens (tertiary/aromatic N) is 1. The lowest BCUT2D eigenvalue weighted by Gasteiger charge is -2.28. The van der Waals surface area contributed by atoms with Gasteiger partial charge in [-0.05, 0) is 57.7 Å². The fraction of sp³-hybridized carbons (Fsp3) is 0.562. The number of amides is 1. The predicted molar refractivity (Wildman–Crippen MR) is 76.1 cm³/mol. The van der Waals surface area contributed by atoms with Gasteiger partial charge in [0.15, 0.2) is 0 Å². The van der Waals surface area contributed by atoms with Crippen LogP contribution in [0.25, 0.3) is 0 Å². The van der Waals surface area contributed by atoms with E-state index in [1.54, 1.807) is 17.0 Å². The summed E-state index contributed by atoms with van der Waals surface area (Å²) in [5.41, 5.74) is 0.576. The molecule has 0 aromatic heterocycles. The van der Waals surface area contributed by atoms with Crippen molar-refractivity contribution in [3.8, 4) is 0 Å². The van der Waals surface area contributed by atoms with Crippen molar-refractivity contribution in [1.29, 1.82) is 0 Å². The van der Waals surface area contributed by atoms with Gasteiger partial charge < -0.3 is 9.64 Å². The van der Waals surface area contributed by atoms with Crippen molar-refractivity contribution in [2.75, 3.05) is 6.54 Å². The monoisotopic (exact) mass is 279 g/mol. The van der Waals surface area contributed by atoms with Gasteiger partial charge >= 0.3 is 6.09 Å². The van der Waals surface area contributed by atoms with E-state index < -0.39 is 5.60 Å². The van der Waals surface area contributed by atoms with E-state index in [0.717, 1.165) is 31.4 Å². The minimum Gasteiger partial charge on any atom is -0.444 e. The summed E-state index contributed by atoms with van der Waals surface area (Å²) in [6.45, 7) is 6.35. The highest BCUT2D eigenvalue weighted by Crippen LogP contribution is 2.23. The molecule has 1 aromatic rings. The van der Waals surface area contributed by atoms with Crippen LogP contribution < -0.4 is 0 Å². The van der Waals surface area contributed by atoms with Gasteiger partial charge in [-0.1, -0.05) is 12.1 Å². The molecule has 3 nitrogen and oxygen atoms in total. The van der Waals surface area contributed by atoms with Crippen LogP contribution in [0.1, 0.15) is 39.2 Å². The Morgan fingerprint density at radius 3 is 2.60 bits per heavy atom. The van der Waals surface area contributed by atoms with E-state index in [0.29, 0.717) is 0 Å². The smallest absolute Gasteiger partial charge is 0.410 e. The Hall–Kier alpha value is -1.58. The van der Waals surface area contributed by atoms with Gasteiger partial charge in [-0.2, -0.15) is 0 Å². The number of benzene rings is 1. The highest BCUT2D eigenvalue weighted by molar-refractivity contribution is 5.69. The molecule has 0 aliphatic carbocycles. The third-order valence-corrected chi connectivity index (χ3v) is 3.39. The Labute approximate surface area is 119 Å². The van der Waals surface area contributed by atoms with Crippen molar-refractivity contribution < 1.29 is 13.9 Å². The van der Waals surface area contributed by atoms with Crippen molar-refractivity contribution in [2.45, 2.75) is 51.7 Å². The quantitative estimate of drug-likeness (QED) is 0.824. The van der Waals surface area contributed by atoms with Crippen LogP contribution in [0.5, 0.6) is 0 Å². The van der Waals surface area contributed by atoms with Crippen molar-refractivity contribution >= 4 is 6.09 Å². The number of rotatable bonds is 2. The lowest BCUT2D eigenvalue weighted by Crippen LogP contribution is -2.40. The third kappa shape index (κ3) is 3.95. The first-order valence-electron chi connectivity index (χ1n) is 7.09. The van der Waals surface area contributed by atoms with Gasteiger partial charge in [-0.3, -0.25) is 0 Å². The summed E-state index contributed by atoms with van der Waals surface area (Å²) in [6.07, 6.45) is 2.46. The van der Waals surface area contributed by atoms with Gasteiger partial charge in [0, 0.05) is 12.6 Å². The topological polar surface area (TPSA) is 29.5 Å². The van der Waals surface area contributed by atoms with E-state index in [4.69, 9.17) is 4.74 Å². The molecule has 1 aliphatic rings. The minimum absolute atomic E-state index is 0.148. The molecule has 110 valence electrons. The molecule has 2 rings (SSSR count). The van der Waals surface area contributed by atoms with E-state index in [1.165, 1.54) is 12.1 Å². The standard InChI is InChI=1S/C16H22FNO2/c1-16(2,3)20-15(19)18-10-4-5-14(18)11-12-6-8-13(17)9-7-12/h6-9,14H,4-5,10-11H2,1-3H3. The lowest BCUT2D eigenvalue weighted by molar-refractivity contribution is 0.0227. The average Bonchev–Trinajstić information content (AvgIpc) is 2.78. The average molecular weight is 279 g/mol. The molecule has 1 heterocycles. The van der Waals surface area contributed by atoms with Gasteiger partial charge in [0.05, 0.1) is 0 Å². The van der Waals surface area contributed by atoms with E-state index in [1.807, 2.05) is 20.8 Å². The predicted octanol–water partition coefficient (Wildman–Crippen LogP) is 3.77. The maximum Gasteiger partial charge on any atom is 0.410 e. The molecular formula is C16H22FNO2. The Balaban J connectivity index is 2.00. The van der Waals surface area contributed by atoms with Crippen LogP contribution in [-0.4, -0.2) is 29.2 Å². The van der Waals surface area contributed by atoms with E-state index >= 15 is 0 Å². The second-order valence-electron chi connectivity index (χ2n) is 6.30. The van der Waals surface area contributed by atoms with Gasteiger partial charge in [0.25, 0.3) is 0 Å². The summed E-state index contributed by atoms with van der Waals surface area (Å²) in [5.74, 6) is -0.232. The summed E-state index contributed by atoms with van der Waals surface area (Å²) < 4.78 is 18.3. The second-order valence-corrected chi connectivity index (χ2v) is 6.30. The number of hydrogen-bond acceptors (Lipinski definition) is 2. The molecule has 1 unspecified atom stereocenters.